The highest BCUT2D eigenvalue weighted by atomic mass is 16.7. The number of hydrogen-bond donors (Lipinski definition) is 0. The maximum Gasteiger partial charge on any atom is 0.163 e. The lowest BCUT2D eigenvalue weighted by Crippen LogP contribution is -2.38. The van der Waals surface area contributed by atoms with Gasteiger partial charge < -0.3 is 9.47 Å². The van der Waals surface area contributed by atoms with E-state index >= 15 is 0 Å². The smallest absolute Gasteiger partial charge is 0.163 e. The summed E-state index contributed by atoms with van der Waals surface area (Å²) in [4.78, 5) is 0. The zero-order valence-electron chi connectivity index (χ0n) is 9.21. The van der Waals surface area contributed by atoms with E-state index in [1.807, 2.05) is 0 Å². The van der Waals surface area contributed by atoms with E-state index < -0.39 is 0 Å². The molecule has 0 bridgehead atoms. The molecule has 1 saturated carbocycles. The van der Waals surface area contributed by atoms with Crippen LogP contribution in [-0.2, 0) is 9.47 Å². The Hall–Kier alpha value is -0.590. The maximum absolute atomic E-state index is 8.72. The SMILES string of the molecule is N#CCCC1(C2OCCO2)CCCCC1. The third-order valence-corrected chi connectivity index (χ3v) is 3.71. The van der Waals surface area contributed by atoms with E-state index in [4.69, 9.17) is 14.7 Å². The van der Waals surface area contributed by atoms with Gasteiger partial charge in [0.1, 0.15) is 0 Å². The topological polar surface area (TPSA) is 42.2 Å². The molecule has 1 heterocycles. The normalized spacial score (nSPS) is 26.3. The minimum Gasteiger partial charge on any atom is -0.350 e. The lowest BCUT2D eigenvalue weighted by molar-refractivity contribution is -0.149. The van der Waals surface area contributed by atoms with Gasteiger partial charge in [-0.05, 0) is 19.3 Å². The highest BCUT2D eigenvalue weighted by molar-refractivity contribution is 4.90. The Balaban J connectivity index is 2.02. The molecule has 1 aliphatic heterocycles. The van der Waals surface area contributed by atoms with E-state index in [2.05, 4.69) is 6.07 Å². The summed E-state index contributed by atoms with van der Waals surface area (Å²) >= 11 is 0. The van der Waals surface area contributed by atoms with Gasteiger partial charge in [0.05, 0.1) is 19.3 Å². The van der Waals surface area contributed by atoms with Crippen LogP contribution in [-0.4, -0.2) is 19.5 Å². The van der Waals surface area contributed by atoms with Crippen molar-refractivity contribution >= 4 is 0 Å². The molecule has 0 unspecified atom stereocenters. The van der Waals surface area contributed by atoms with E-state index in [0.717, 1.165) is 19.6 Å². The van der Waals surface area contributed by atoms with Crippen molar-refractivity contribution < 1.29 is 9.47 Å². The van der Waals surface area contributed by atoms with Crippen LogP contribution in [0.15, 0.2) is 0 Å². The lowest BCUT2D eigenvalue weighted by atomic mass is 9.70. The van der Waals surface area contributed by atoms with Gasteiger partial charge in [0.2, 0.25) is 0 Å². The predicted octanol–water partition coefficient (Wildman–Crippen LogP) is 2.61. The van der Waals surface area contributed by atoms with E-state index in [1.54, 1.807) is 0 Å². The molecule has 3 heteroatoms. The average Bonchev–Trinajstić information content (AvgIpc) is 2.82. The lowest BCUT2D eigenvalue weighted by Gasteiger charge is -2.40. The second-order valence-electron chi connectivity index (χ2n) is 4.65. The summed E-state index contributed by atoms with van der Waals surface area (Å²) in [6.45, 7) is 1.44. The van der Waals surface area contributed by atoms with Crippen molar-refractivity contribution in [3.05, 3.63) is 0 Å². The fourth-order valence-corrected chi connectivity index (χ4v) is 2.88. The number of rotatable bonds is 3. The molecular weight excluding hydrogens is 190 g/mol. The molecule has 0 N–H and O–H groups in total. The summed E-state index contributed by atoms with van der Waals surface area (Å²) in [6, 6.07) is 2.25. The van der Waals surface area contributed by atoms with Crippen molar-refractivity contribution in [2.24, 2.45) is 5.41 Å². The van der Waals surface area contributed by atoms with Gasteiger partial charge in [0.25, 0.3) is 0 Å². The zero-order chi connectivity index (χ0) is 10.6. The van der Waals surface area contributed by atoms with Crippen LogP contribution in [0.5, 0.6) is 0 Å². The molecule has 15 heavy (non-hydrogen) atoms. The summed E-state index contributed by atoms with van der Waals surface area (Å²) in [5.74, 6) is 0. The van der Waals surface area contributed by atoms with Crippen LogP contribution >= 0.6 is 0 Å². The van der Waals surface area contributed by atoms with Crippen LogP contribution in [0.25, 0.3) is 0 Å². The van der Waals surface area contributed by atoms with Gasteiger partial charge >= 0.3 is 0 Å². The summed E-state index contributed by atoms with van der Waals surface area (Å²) in [5.41, 5.74) is 0.143. The van der Waals surface area contributed by atoms with Gasteiger partial charge in [-0.25, -0.2) is 0 Å². The Bertz CT molecular complexity index is 234. The Kier molecular flexibility index (Phi) is 3.61. The van der Waals surface area contributed by atoms with Crippen molar-refractivity contribution in [3.63, 3.8) is 0 Å². The van der Waals surface area contributed by atoms with Gasteiger partial charge in [0.15, 0.2) is 6.29 Å². The monoisotopic (exact) mass is 209 g/mol. The fourth-order valence-electron chi connectivity index (χ4n) is 2.88. The van der Waals surface area contributed by atoms with E-state index in [0.29, 0.717) is 6.42 Å². The summed E-state index contributed by atoms with van der Waals surface area (Å²) < 4.78 is 11.3. The highest BCUT2D eigenvalue weighted by Crippen LogP contribution is 2.45. The molecule has 1 saturated heterocycles. The number of ether oxygens (including phenoxy) is 2. The zero-order valence-corrected chi connectivity index (χ0v) is 9.21. The van der Waals surface area contributed by atoms with Crippen molar-refractivity contribution in [1.29, 1.82) is 5.26 Å². The quantitative estimate of drug-likeness (QED) is 0.717. The number of nitrogens with zero attached hydrogens (tertiary/aromatic N) is 1. The second-order valence-corrected chi connectivity index (χ2v) is 4.65. The van der Waals surface area contributed by atoms with E-state index in [9.17, 15) is 0 Å². The summed E-state index contributed by atoms with van der Waals surface area (Å²) in [7, 11) is 0. The Labute approximate surface area is 91.4 Å². The highest BCUT2D eigenvalue weighted by Gasteiger charge is 2.42. The van der Waals surface area contributed by atoms with Crippen LogP contribution in [0.2, 0.25) is 0 Å². The molecule has 3 nitrogen and oxygen atoms in total. The van der Waals surface area contributed by atoms with E-state index in [1.165, 1.54) is 32.1 Å². The van der Waals surface area contributed by atoms with Gasteiger partial charge in [-0.15, -0.1) is 0 Å². The Morgan fingerprint density at radius 1 is 1.13 bits per heavy atom. The van der Waals surface area contributed by atoms with Crippen molar-refractivity contribution in [2.75, 3.05) is 13.2 Å². The van der Waals surface area contributed by atoms with Crippen LogP contribution in [0.3, 0.4) is 0 Å². The molecule has 0 amide bonds. The predicted molar refractivity (Wildman–Crippen MR) is 56.1 cm³/mol. The van der Waals surface area contributed by atoms with Crippen molar-refractivity contribution in [1.82, 2.24) is 0 Å². The molecule has 0 atom stereocenters. The molecule has 0 aromatic rings. The van der Waals surface area contributed by atoms with E-state index in [-0.39, 0.29) is 11.7 Å². The molecular formula is C12H19NO2. The summed E-state index contributed by atoms with van der Waals surface area (Å²) in [5, 5.41) is 8.72. The molecule has 2 rings (SSSR count). The van der Waals surface area contributed by atoms with Crippen LogP contribution < -0.4 is 0 Å². The maximum atomic E-state index is 8.72. The Morgan fingerprint density at radius 2 is 1.80 bits per heavy atom. The van der Waals surface area contributed by atoms with Crippen LogP contribution in [0.1, 0.15) is 44.9 Å². The molecule has 0 radical (unpaired) electrons. The minimum absolute atomic E-state index is 0.0360. The molecule has 0 aromatic heterocycles. The van der Waals surface area contributed by atoms with Gasteiger partial charge in [-0.2, -0.15) is 5.26 Å². The van der Waals surface area contributed by atoms with Crippen molar-refractivity contribution in [2.45, 2.75) is 51.2 Å². The average molecular weight is 209 g/mol. The van der Waals surface area contributed by atoms with Gasteiger partial charge in [0, 0.05) is 11.8 Å². The summed E-state index contributed by atoms with van der Waals surface area (Å²) in [6.07, 6.45) is 7.70. The second kappa shape index (κ2) is 4.96. The third kappa shape index (κ3) is 2.32. The molecule has 2 aliphatic rings. The first kappa shape index (κ1) is 10.9. The fraction of sp³-hybridized carbons (Fsp3) is 0.917. The molecule has 84 valence electrons. The molecule has 2 fully saturated rings. The van der Waals surface area contributed by atoms with Crippen molar-refractivity contribution in [3.8, 4) is 6.07 Å². The number of hydrogen-bond acceptors (Lipinski definition) is 3. The van der Waals surface area contributed by atoms with Gasteiger partial charge in [-0.1, -0.05) is 19.3 Å². The first-order valence-corrected chi connectivity index (χ1v) is 5.98. The largest absolute Gasteiger partial charge is 0.350 e. The first-order valence-electron chi connectivity index (χ1n) is 5.98. The third-order valence-electron chi connectivity index (χ3n) is 3.71. The van der Waals surface area contributed by atoms with Crippen LogP contribution in [0, 0.1) is 16.7 Å². The standard InChI is InChI=1S/C12H19NO2/c13-8-4-7-12(5-2-1-3-6-12)11-14-9-10-15-11/h11H,1-7,9-10H2. The Morgan fingerprint density at radius 3 is 2.40 bits per heavy atom. The van der Waals surface area contributed by atoms with Crippen LogP contribution in [0.4, 0.5) is 0 Å². The molecule has 1 aliphatic carbocycles. The molecule has 0 spiro atoms. The van der Waals surface area contributed by atoms with Gasteiger partial charge in [-0.3, -0.25) is 0 Å². The molecule has 0 aromatic carbocycles. The minimum atomic E-state index is -0.0360. The number of nitriles is 1. The first-order chi connectivity index (χ1) is 7.37.